The van der Waals surface area contributed by atoms with E-state index in [2.05, 4.69) is 17.9 Å². The third kappa shape index (κ3) is 1.46. The molecule has 1 N–H and O–H groups in total. The third-order valence-electron chi connectivity index (χ3n) is 2.44. The van der Waals surface area contributed by atoms with Crippen molar-refractivity contribution in [2.75, 3.05) is 23.1 Å². The molecule has 0 aromatic heterocycles. The maximum atomic E-state index is 11.4. The summed E-state index contributed by atoms with van der Waals surface area (Å²) < 4.78 is 0. The van der Waals surface area contributed by atoms with Crippen LogP contribution in [0.1, 0.15) is 5.56 Å². The Labute approximate surface area is 88.5 Å². The molecule has 0 aliphatic carbocycles. The molecule has 4 heteroatoms. The number of likely N-dealkylation sites (N-methyl/N-ethyl adjacent to an activating group) is 1. The first-order chi connectivity index (χ1) is 6.72. The number of anilines is 2. The largest absolute Gasteiger partial charge is 0.376 e. The molecule has 2 rings (SSSR count). The summed E-state index contributed by atoms with van der Waals surface area (Å²) in [6, 6.07) is 5.93. The van der Waals surface area contributed by atoms with E-state index in [0.29, 0.717) is 12.3 Å². The van der Waals surface area contributed by atoms with E-state index in [1.807, 2.05) is 18.2 Å². The number of hydrogen-bond donors (Lipinski definition) is 2. The molecule has 0 fully saturated rings. The van der Waals surface area contributed by atoms with Crippen LogP contribution in [0.3, 0.4) is 0 Å². The van der Waals surface area contributed by atoms with Crippen LogP contribution in [0.5, 0.6) is 0 Å². The molecule has 1 aromatic carbocycles. The van der Waals surface area contributed by atoms with Crippen molar-refractivity contribution in [1.82, 2.24) is 0 Å². The molecule has 0 spiro atoms. The van der Waals surface area contributed by atoms with E-state index in [4.69, 9.17) is 0 Å². The van der Waals surface area contributed by atoms with Crippen molar-refractivity contribution >= 4 is 29.9 Å². The van der Waals surface area contributed by atoms with Crippen molar-refractivity contribution in [2.24, 2.45) is 0 Å². The number of hydrogen-bond acceptors (Lipinski definition) is 3. The van der Waals surface area contributed by atoms with Gasteiger partial charge < -0.3 is 10.2 Å². The highest BCUT2D eigenvalue weighted by Gasteiger charge is 2.23. The Hall–Kier alpha value is -1.16. The Bertz CT molecular complexity index is 378. The molecule has 0 saturated heterocycles. The Balaban J connectivity index is 2.34. The lowest BCUT2D eigenvalue weighted by atomic mass is 10.1. The average molecular weight is 208 g/mol. The van der Waals surface area contributed by atoms with Crippen molar-refractivity contribution in [3.63, 3.8) is 0 Å². The Morgan fingerprint density at radius 1 is 1.57 bits per heavy atom. The number of nitrogens with zero attached hydrogens (tertiary/aromatic N) is 1. The maximum Gasteiger partial charge on any atom is 0.231 e. The van der Waals surface area contributed by atoms with Crippen LogP contribution in [-0.4, -0.2) is 18.8 Å². The summed E-state index contributed by atoms with van der Waals surface area (Å²) in [6.45, 7) is 0. The smallest absolute Gasteiger partial charge is 0.231 e. The molecule has 0 unspecified atom stereocenters. The number of nitrogens with one attached hydrogen (secondary N) is 1. The average Bonchev–Trinajstić information content (AvgIpc) is 2.43. The minimum atomic E-state index is 0.156. The molecule has 14 heavy (non-hydrogen) atoms. The summed E-state index contributed by atoms with van der Waals surface area (Å²) in [5, 5.41) is 3.10. The molecule has 1 heterocycles. The van der Waals surface area contributed by atoms with Gasteiger partial charge in [-0.05, 0) is 23.8 Å². The van der Waals surface area contributed by atoms with Gasteiger partial charge in [-0.1, -0.05) is 0 Å². The van der Waals surface area contributed by atoms with Gasteiger partial charge in [0.25, 0.3) is 0 Å². The normalized spacial score (nSPS) is 14.4. The van der Waals surface area contributed by atoms with Gasteiger partial charge in [-0.25, -0.2) is 0 Å². The lowest BCUT2D eigenvalue weighted by Crippen LogP contribution is -2.20. The summed E-state index contributed by atoms with van der Waals surface area (Å²) in [7, 11) is 1.81. The highest BCUT2D eigenvalue weighted by atomic mass is 32.1. The molecule has 0 atom stereocenters. The molecule has 0 saturated carbocycles. The second kappa shape index (κ2) is 3.53. The zero-order chi connectivity index (χ0) is 10.1. The van der Waals surface area contributed by atoms with Crippen LogP contribution < -0.4 is 10.2 Å². The minimum absolute atomic E-state index is 0.156. The van der Waals surface area contributed by atoms with Gasteiger partial charge in [0.2, 0.25) is 5.91 Å². The second-order valence-corrected chi connectivity index (χ2v) is 3.62. The minimum Gasteiger partial charge on any atom is -0.376 e. The third-order valence-corrected chi connectivity index (χ3v) is 2.60. The van der Waals surface area contributed by atoms with Crippen molar-refractivity contribution in [3.8, 4) is 0 Å². The molecular weight excluding hydrogens is 196 g/mol. The predicted octanol–water partition coefficient (Wildman–Crippen LogP) is 1.50. The molecule has 1 aliphatic rings. The van der Waals surface area contributed by atoms with E-state index in [9.17, 15) is 4.79 Å². The van der Waals surface area contributed by atoms with Gasteiger partial charge in [0.05, 0.1) is 12.3 Å². The molecule has 0 radical (unpaired) electrons. The zero-order valence-electron chi connectivity index (χ0n) is 7.95. The van der Waals surface area contributed by atoms with Gasteiger partial charge in [-0.2, -0.15) is 12.6 Å². The van der Waals surface area contributed by atoms with Crippen molar-refractivity contribution < 1.29 is 4.79 Å². The Morgan fingerprint density at radius 3 is 3.07 bits per heavy atom. The number of fused-ring (bicyclic) bond motifs is 1. The van der Waals surface area contributed by atoms with Gasteiger partial charge in [0, 0.05) is 18.4 Å². The van der Waals surface area contributed by atoms with Crippen LogP contribution in [-0.2, 0) is 11.2 Å². The monoisotopic (exact) mass is 208 g/mol. The fourth-order valence-electron chi connectivity index (χ4n) is 1.67. The first kappa shape index (κ1) is 9.40. The number of carbonyl (C=O) groups excluding carboxylic acids is 1. The fourth-order valence-corrected chi connectivity index (χ4v) is 1.85. The first-order valence-electron chi connectivity index (χ1n) is 4.46. The van der Waals surface area contributed by atoms with Gasteiger partial charge in [0.15, 0.2) is 0 Å². The number of benzene rings is 1. The summed E-state index contributed by atoms with van der Waals surface area (Å²) in [6.07, 6.45) is 0.508. The van der Waals surface area contributed by atoms with E-state index in [1.54, 1.807) is 11.9 Å². The highest BCUT2D eigenvalue weighted by molar-refractivity contribution is 7.80. The van der Waals surface area contributed by atoms with Gasteiger partial charge in [-0.3, -0.25) is 4.79 Å². The molecule has 1 amide bonds. The van der Waals surface area contributed by atoms with Crippen molar-refractivity contribution in [1.29, 1.82) is 0 Å². The van der Waals surface area contributed by atoms with Crippen molar-refractivity contribution in [3.05, 3.63) is 23.8 Å². The Kier molecular flexibility index (Phi) is 2.37. The molecule has 1 aromatic rings. The van der Waals surface area contributed by atoms with Crippen LogP contribution in [0.15, 0.2) is 18.2 Å². The van der Waals surface area contributed by atoms with E-state index in [-0.39, 0.29) is 5.91 Å². The molecule has 0 bridgehead atoms. The fraction of sp³-hybridized carbons (Fsp3) is 0.300. The number of thiol groups is 1. The van der Waals surface area contributed by atoms with Gasteiger partial charge in [-0.15, -0.1) is 0 Å². The zero-order valence-corrected chi connectivity index (χ0v) is 8.84. The molecular formula is C10H12N2OS. The quantitative estimate of drug-likeness (QED) is 0.570. The number of carbonyl (C=O) groups is 1. The van der Waals surface area contributed by atoms with E-state index < -0.39 is 0 Å². The van der Waals surface area contributed by atoms with Crippen molar-refractivity contribution in [2.45, 2.75) is 6.42 Å². The highest BCUT2D eigenvalue weighted by Crippen LogP contribution is 2.29. The van der Waals surface area contributed by atoms with Crippen LogP contribution >= 0.6 is 12.6 Å². The predicted molar refractivity (Wildman–Crippen MR) is 61.0 cm³/mol. The van der Waals surface area contributed by atoms with Crippen LogP contribution in [0.25, 0.3) is 0 Å². The summed E-state index contributed by atoms with van der Waals surface area (Å²) >= 11 is 4.08. The number of rotatable bonds is 2. The van der Waals surface area contributed by atoms with Crippen LogP contribution in [0, 0.1) is 0 Å². The molecule has 1 aliphatic heterocycles. The molecule has 3 nitrogen and oxygen atoms in total. The summed E-state index contributed by atoms with van der Waals surface area (Å²) in [5.74, 6) is 0.755. The van der Waals surface area contributed by atoms with Gasteiger partial charge in [0.1, 0.15) is 0 Å². The number of amides is 1. The standard InChI is InChI=1S/C10H12N2OS/c1-12-9-3-2-8(11-6-14)4-7(9)5-10(12)13/h2-4,11,14H,5-6H2,1H3. The topological polar surface area (TPSA) is 32.3 Å². The lowest BCUT2D eigenvalue weighted by Gasteiger charge is -2.10. The van der Waals surface area contributed by atoms with E-state index in [1.165, 1.54) is 0 Å². The van der Waals surface area contributed by atoms with Crippen LogP contribution in [0.4, 0.5) is 11.4 Å². The maximum absolute atomic E-state index is 11.4. The second-order valence-electron chi connectivity index (χ2n) is 3.31. The first-order valence-corrected chi connectivity index (χ1v) is 5.10. The molecule has 74 valence electrons. The SMILES string of the molecule is CN1C(=O)Cc2cc(NCS)ccc21. The summed E-state index contributed by atoms with van der Waals surface area (Å²) in [4.78, 5) is 13.1. The van der Waals surface area contributed by atoms with E-state index in [0.717, 1.165) is 16.9 Å². The van der Waals surface area contributed by atoms with E-state index >= 15 is 0 Å². The summed E-state index contributed by atoms with van der Waals surface area (Å²) in [5.41, 5.74) is 3.12. The Morgan fingerprint density at radius 2 is 2.36 bits per heavy atom. The lowest BCUT2D eigenvalue weighted by molar-refractivity contribution is -0.117. The van der Waals surface area contributed by atoms with Crippen LogP contribution in [0.2, 0.25) is 0 Å². The van der Waals surface area contributed by atoms with Gasteiger partial charge >= 0.3 is 0 Å².